The van der Waals surface area contributed by atoms with Crippen molar-refractivity contribution in [1.29, 1.82) is 0 Å². The largest absolute Gasteiger partial charge is 0.353 e. The molecule has 1 aliphatic rings. The van der Waals surface area contributed by atoms with E-state index < -0.39 is 4.92 Å². The fourth-order valence-electron chi connectivity index (χ4n) is 2.89. The fraction of sp³-hybridized carbons (Fsp3) is 0.500. The van der Waals surface area contributed by atoms with E-state index in [1.807, 2.05) is 0 Å². The SMILES string of the molecule is O=C(CSc1nc2ccc([N+](=O)[O-])cc2s1)NC1CCCCCC1. The van der Waals surface area contributed by atoms with Gasteiger partial charge < -0.3 is 5.32 Å². The second-order valence-corrected chi connectivity index (χ2v) is 8.19. The van der Waals surface area contributed by atoms with Gasteiger partial charge in [-0.1, -0.05) is 37.4 Å². The van der Waals surface area contributed by atoms with Crippen LogP contribution in [0.4, 0.5) is 5.69 Å². The Morgan fingerprint density at radius 1 is 1.33 bits per heavy atom. The second-order valence-electron chi connectivity index (χ2n) is 5.93. The summed E-state index contributed by atoms with van der Waals surface area (Å²) in [5.74, 6) is 0.371. The van der Waals surface area contributed by atoms with E-state index in [0.29, 0.717) is 11.8 Å². The summed E-state index contributed by atoms with van der Waals surface area (Å²) in [6.45, 7) is 0. The van der Waals surface area contributed by atoms with E-state index in [2.05, 4.69) is 10.3 Å². The first-order valence-corrected chi connectivity index (χ1v) is 9.89. The van der Waals surface area contributed by atoms with Crippen LogP contribution in [0, 0.1) is 10.1 Å². The van der Waals surface area contributed by atoms with Gasteiger partial charge in [-0.05, 0) is 18.9 Å². The molecule has 1 N–H and O–H groups in total. The lowest BCUT2D eigenvalue weighted by Crippen LogP contribution is -2.35. The highest BCUT2D eigenvalue weighted by atomic mass is 32.2. The van der Waals surface area contributed by atoms with Gasteiger partial charge in [-0.25, -0.2) is 4.98 Å². The van der Waals surface area contributed by atoms with Crippen molar-refractivity contribution >= 4 is 44.9 Å². The molecule has 3 rings (SSSR count). The first kappa shape index (κ1) is 17.2. The third-order valence-electron chi connectivity index (χ3n) is 4.11. The maximum Gasteiger partial charge on any atom is 0.270 e. The van der Waals surface area contributed by atoms with Crippen LogP contribution in [0.1, 0.15) is 38.5 Å². The van der Waals surface area contributed by atoms with Gasteiger partial charge in [0.15, 0.2) is 4.34 Å². The third-order valence-corrected chi connectivity index (χ3v) is 6.27. The van der Waals surface area contributed by atoms with E-state index in [1.54, 1.807) is 6.07 Å². The number of rotatable bonds is 5. The van der Waals surface area contributed by atoms with Crippen molar-refractivity contribution in [2.75, 3.05) is 5.75 Å². The van der Waals surface area contributed by atoms with Crippen LogP contribution in [0.3, 0.4) is 0 Å². The molecule has 0 aliphatic heterocycles. The first-order chi connectivity index (χ1) is 11.6. The van der Waals surface area contributed by atoms with Gasteiger partial charge in [0, 0.05) is 18.2 Å². The number of hydrogen-bond acceptors (Lipinski definition) is 6. The van der Waals surface area contributed by atoms with Gasteiger partial charge >= 0.3 is 0 Å². The molecular formula is C16H19N3O3S2. The normalized spacial score (nSPS) is 16.0. The molecular weight excluding hydrogens is 346 g/mol. The van der Waals surface area contributed by atoms with Gasteiger partial charge in [0.1, 0.15) is 0 Å². The molecule has 1 amide bonds. The number of benzene rings is 1. The number of fused-ring (bicyclic) bond motifs is 1. The monoisotopic (exact) mass is 365 g/mol. The summed E-state index contributed by atoms with van der Waals surface area (Å²) in [5, 5.41) is 13.9. The van der Waals surface area contributed by atoms with E-state index in [0.717, 1.165) is 27.4 Å². The average molecular weight is 365 g/mol. The molecule has 0 saturated heterocycles. The number of carbonyl (C=O) groups is 1. The van der Waals surface area contributed by atoms with Crippen LogP contribution >= 0.6 is 23.1 Å². The molecule has 1 saturated carbocycles. The zero-order chi connectivity index (χ0) is 16.9. The number of thioether (sulfide) groups is 1. The van der Waals surface area contributed by atoms with Crippen LogP contribution in [0.15, 0.2) is 22.5 Å². The summed E-state index contributed by atoms with van der Waals surface area (Å²) in [5.41, 5.74) is 0.797. The molecule has 24 heavy (non-hydrogen) atoms. The topological polar surface area (TPSA) is 85.1 Å². The smallest absolute Gasteiger partial charge is 0.270 e. The molecule has 2 aromatic rings. The number of carbonyl (C=O) groups excluding carboxylic acids is 1. The Bertz CT molecular complexity index is 739. The van der Waals surface area contributed by atoms with Crippen LogP contribution in [-0.4, -0.2) is 27.6 Å². The van der Waals surface area contributed by atoms with Crippen molar-refractivity contribution in [2.24, 2.45) is 0 Å². The molecule has 8 heteroatoms. The van der Waals surface area contributed by atoms with E-state index in [-0.39, 0.29) is 11.6 Å². The lowest BCUT2D eigenvalue weighted by molar-refractivity contribution is -0.384. The number of non-ortho nitro benzene ring substituents is 1. The summed E-state index contributed by atoms with van der Waals surface area (Å²) in [4.78, 5) is 26.9. The highest BCUT2D eigenvalue weighted by molar-refractivity contribution is 8.01. The minimum Gasteiger partial charge on any atom is -0.353 e. The molecule has 128 valence electrons. The Labute approximate surface area is 148 Å². The molecule has 0 spiro atoms. The summed E-state index contributed by atoms with van der Waals surface area (Å²) < 4.78 is 1.54. The Kier molecular flexibility index (Phi) is 5.68. The van der Waals surface area contributed by atoms with Gasteiger partial charge in [0.25, 0.3) is 5.69 Å². The molecule has 1 aromatic heterocycles. The average Bonchev–Trinajstić information content (AvgIpc) is 2.80. The van der Waals surface area contributed by atoms with Crippen molar-refractivity contribution in [1.82, 2.24) is 10.3 Å². The Morgan fingerprint density at radius 3 is 2.79 bits per heavy atom. The van der Waals surface area contributed by atoms with Gasteiger partial charge in [0.2, 0.25) is 5.91 Å². The number of thiazole rings is 1. The van der Waals surface area contributed by atoms with Crippen molar-refractivity contribution in [3.8, 4) is 0 Å². The Morgan fingerprint density at radius 2 is 2.08 bits per heavy atom. The molecule has 0 radical (unpaired) electrons. The van der Waals surface area contributed by atoms with Gasteiger partial charge in [0.05, 0.1) is 20.9 Å². The number of nitrogens with one attached hydrogen (secondary N) is 1. The van der Waals surface area contributed by atoms with Gasteiger partial charge in [-0.15, -0.1) is 11.3 Å². The van der Waals surface area contributed by atoms with Crippen LogP contribution in [0.25, 0.3) is 10.2 Å². The lowest BCUT2D eigenvalue weighted by Gasteiger charge is -2.15. The number of nitro groups is 1. The molecule has 1 aromatic carbocycles. The van der Waals surface area contributed by atoms with Crippen molar-refractivity contribution in [2.45, 2.75) is 48.9 Å². The van der Waals surface area contributed by atoms with Crippen molar-refractivity contribution < 1.29 is 9.72 Å². The summed E-state index contributed by atoms with van der Waals surface area (Å²) in [6.07, 6.45) is 7.05. The fourth-order valence-corrected chi connectivity index (χ4v) is 4.80. The zero-order valence-corrected chi connectivity index (χ0v) is 14.8. The number of nitrogens with zero attached hydrogens (tertiary/aromatic N) is 2. The predicted molar refractivity (Wildman–Crippen MR) is 96.6 cm³/mol. The molecule has 1 heterocycles. The number of amides is 1. The van der Waals surface area contributed by atoms with Crippen molar-refractivity contribution in [3.63, 3.8) is 0 Å². The van der Waals surface area contributed by atoms with E-state index in [9.17, 15) is 14.9 Å². The van der Waals surface area contributed by atoms with Gasteiger partial charge in [-0.2, -0.15) is 0 Å². The molecule has 0 bridgehead atoms. The number of nitro benzene ring substituents is 1. The van der Waals surface area contributed by atoms with E-state index >= 15 is 0 Å². The third kappa shape index (κ3) is 4.45. The Hall–Kier alpha value is -1.67. The maximum absolute atomic E-state index is 12.1. The lowest BCUT2D eigenvalue weighted by atomic mass is 10.1. The molecule has 1 aliphatic carbocycles. The highest BCUT2D eigenvalue weighted by Gasteiger charge is 2.16. The summed E-state index contributed by atoms with van der Waals surface area (Å²) >= 11 is 2.78. The standard InChI is InChI=1S/C16H19N3O3S2/c20-15(17-11-5-3-1-2-4-6-11)10-23-16-18-13-8-7-12(19(21)22)9-14(13)24-16/h7-9,11H,1-6,10H2,(H,17,20). The minimum absolute atomic E-state index is 0.0390. The summed E-state index contributed by atoms with van der Waals surface area (Å²) in [7, 11) is 0. The van der Waals surface area contributed by atoms with Crippen LogP contribution in [0.5, 0.6) is 0 Å². The zero-order valence-electron chi connectivity index (χ0n) is 13.2. The molecule has 0 unspecified atom stereocenters. The molecule has 6 nitrogen and oxygen atoms in total. The predicted octanol–water partition coefficient (Wildman–Crippen LogP) is 4.14. The van der Waals surface area contributed by atoms with Crippen LogP contribution in [-0.2, 0) is 4.79 Å². The highest BCUT2D eigenvalue weighted by Crippen LogP contribution is 2.31. The minimum atomic E-state index is -0.411. The van der Waals surface area contributed by atoms with Crippen LogP contribution in [0.2, 0.25) is 0 Å². The second kappa shape index (κ2) is 7.94. The van der Waals surface area contributed by atoms with Gasteiger partial charge in [-0.3, -0.25) is 14.9 Å². The molecule has 1 fully saturated rings. The first-order valence-electron chi connectivity index (χ1n) is 8.09. The quantitative estimate of drug-likeness (QED) is 0.372. The summed E-state index contributed by atoms with van der Waals surface area (Å²) in [6, 6.07) is 4.94. The molecule has 0 atom stereocenters. The Balaban J connectivity index is 1.56. The maximum atomic E-state index is 12.1. The number of aromatic nitrogens is 1. The van der Waals surface area contributed by atoms with Crippen molar-refractivity contribution in [3.05, 3.63) is 28.3 Å². The number of hydrogen-bond donors (Lipinski definition) is 1. The van der Waals surface area contributed by atoms with Crippen LogP contribution < -0.4 is 5.32 Å². The van der Waals surface area contributed by atoms with E-state index in [4.69, 9.17) is 0 Å². The van der Waals surface area contributed by atoms with E-state index in [1.165, 1.54) is 60.9 Å².